The Morgan fingerprint density at radius 1 is 1.14 bits per heavy atom. The Hall–Kier alpha value is -2.53. The van der Waals surface area contributed by atoms with Crippen molar-refractivity contribution >= 4 is 53.2 Å². The summed E-state index contributed by atoms with van der Waals surface area (Å²) in [4.78, 5) is 4.49. The Kier molecular flexibility index (Phi) is 7.70. The standard InChI is InChI=1S/C20H20ClFN6O5S3/c1-24-4-5-35(29,30)18(19-28-27-17(33-19)10-25-36(23,31)32)20-26-15-3-2-11(8-16(15)34-20)12-6-13(21)9-14(22)7-12/h2-3,6-9,18,24-25H,4-5,10H2,1H3,(H2,23,31,32). The number of hydrogen-bond donors (Lipinski definition) is 3. The second-order valence-electron chi connectivity index (χ2n) is 7.64. The first-order valence-electron chi connectivity index (χ1n) is 10.3. The van der Waals surface area contributed by atoms with E-state index in [1.165, 1.54) is 12.1 Å². The molecule has 0 bridgehead atoms. The number of nitrogens with zero attached hydrogens (tertiary/aromatic N) is 3. The molecule has 0 saturated carbocycles. The molecule has 2 aromatic heterocycles. The van der Waals surface area contributed by atoms with E-state index < -0.39 is 37.7 Å². The minimum absolute atomic E-state index is 0.167. The third-order valence-electron chi connectivity index (χ3n) is 4.95. The van der Waals surface area contributed by atoms with E-state index >= 15 is 0 Å². The van der Waals surface area contributed by atoms with Gasteiger partial charge in [-0.05, 0) is 48.5 Å². The van der Waals surface area contributed by atoms with Crippen LogP contribution in [0.25, 0.3) is 21.3 Å². The van der Waals surface area contributed by atoms with Crippen LogP contribution < -0.4 is 15.2 Å². The summed E-state index contributed by atoms with van der Waals surface area (Å²) >= 11 is 7.09. The highest BCUT2D eigenvalue weighted by Gasteiger charge is 2.36. The highest BCUT2D eigenvalue weighted by molar-refractivity contribution is 7.92. The molecule has 0 aliphatic carbocycles. The zero-order valence-corrected chi connectivity index (χ0v) is 21.8. The van der Waals surface area contributed by atoms with Gasteiger partial charge in [0.1, 0.15) is 10.8 Å². The largest absolute Gasteiger partial charge is 0.422 e. The summed E-state index contributed by atoms with van der Waals surface area (Å²) in [5.74, 6) is -1.15. The number of sulfone groups is 1. The van der Waals surface area contributed by atoms with Crippen LogP contribution in [0, 0.1) is 5.82 Å². The molecule has 11 nitrogen and oxygen atoms in total. The van der Waals surface area contributed by atoms with Crippen molar-refractivity contribution in [2.75, 3.05) is 19.3 Å². The van der Waals surface area contributed by atoms with Crippen molar-refractivity contribution in [2.45, 2.75) is 11.8 Å². The maximum absolute atomic E-state index is 13.8. The first-order valence-corrected chi connectivity index (χ1v) is 14.7. The van der Waals surface area contributed by atoms with Crippen LogP contribution in [-0.2, 0) is 26.6 Å². The molecule has 36 heavy (non-hydrogen) atoms. The first-order chi connectivity index (χ1) is 16.9. The molecule has 1 atom stereocenters. The molecule has 2 aromatic carbocycles. The summed E-state index contributed by atoms with van der Waals surface area (Å²) in [6.07, 6.45) is 0. The second-order valence-corrected chi connectivity index (χ2v) is 12.7. The second kappa shape index (κ2) is 10.5. The van der Waals surface area contributed by atoms with Crippen molar-refractivity contribution in [3.63, 3.8) is 0 Å². The molecule has 4 N–H and O–H groups in total. The molecular formula is C20H20ClFN6O5S3. The van der Waals surface area contributed by atoms with Crippen LogP contribution in [-0.4, -0.2) is 51.4 Å². The van der Waals surface area contributed by atoms with E-state index in [-0.39, 0.29) is 34.1 Å². The summed E-state index contributed by atoms with van der Waals surface area (Å²) in [5.41, 5.74) is 1.74. The number of nitrogens with one attached hydrogen (secondary N) is 2. The molecule has 0 aliphatic rings. The Bertz CT molecular complexity index is 1600. The maximum Gasteiger partial charge on any atom is 0.274 e. The van der Waals surface area contributed by atoms with E-state index in [1.807, 2.05) is 4.72 Å². The highest BCUT2D eigenvalue weighted by atomic mass is 35.5. The van der Waals surface area contributed by atoms with Crippen LogP contribution in [0.3, 0.4) is 0 Å². The molecule has 192 valence electrons. The molecule has 2 heterocycles. The van der Waals surface area contributed by atoms with Gasteiger partial charge in [-0.25, -0.2) is 22.9 Å². The summed E-state index contributed by atoms with van der Waals surface area (Å²) in [6.45, 7) is -0.239. The highest BCUT2D eigenvalue weighted by Crippen LogP contribution is 2.37. The van der Waals surface area contributed by atoms with Gasteiger partial charge in [0.05, 0.1) is 22.5 Å². The van der Waals surface area contributed by atoms with Crippen LogP contribution >= 0.6 is 22.9 Å². The predicted octanol–water partition coefficient (Wildman–Crippen LogP) is 2.16. The van der Waals surface area contributed by atoms with Crippen molar-refractivity contribution in [3.8, 4) is 11.1 Å². The third-order valence-corrected chi connectivity index (χ3v) is 8.87. The first kappa shape index (κ1) is 26.5. The Morgan fingerprint density at radius 3 is 2.61 bits per heavy atom. The number of fused-ring (bicyclic) bond motifs is 1. The molecule has 4 aromatic rings. The minimum Gasteiger partial charge on any atom is -0.422 e. The summed E-state index contributed by atoms with van der Waals surface area (Å²) < 4.78 is 70.8. The molecule has 1 unspecified atom stereocenters. The predicted molar refractivity (Wildman–Crippen MR) is 134 cm³/mol. The van der Waals surface area contributed by atoms with E-state index in [9.17, 15) is 21.2 Å². The van der Waals surface area contributed by atoms with Crippen LogP contribution in [0.5, 0.6) is 0 Å². The smallest absolute Gasteiger partial charge is 0.274 e. The molecule has 0 aliphatic heterocycles. The topological polar surface area (TPSA) is 170 Å². The van der Waals surface area contributed by atoms with Gasteiger partial charge in [0.2, 0.25) is 11.8 Å². The van der Waals surface area contributed by atoms with Crippen molar-refractivity contribution in [2.24, 2.45) is 5.14 Å². The van der Waals surface area contributed by atoms with Crippen molar-refractivity contribution < 1.29 is 25.6 Å². The van der Waals surface area contributed by atoms with Crippen molar-refractivity contribution in [1.29, 1.82) is 0 Å². The lowest BCUT2D eigenvalue weighted by Crippen LogP contribution is -2.30. The molecule has 0 amide bonds. The number of halogens is 2. The number of benzene rings is 2. The maximum atomic E-state index is 13.8. The quantitative estimate of drug-likeness (QED) is 0.257. The number of thiazole rings is 1. The van der Waals surface area contributed by atoms with E-state index in [4.69, 9.17) is 21.2 Å². The van der Waals surface area contributed by atoms with E-state index in [0.717, 1.165) is 11.3 Å². The lowest BCUT2D eigenvalue weighted by atomic mass is 10.1. The van der Waals surface area contributed by atoms with Crippen LogP contribution in [0.4, 0.5) is 4.39 Å². The molecule has 16 heteroatoms. The fourth-order valence-corrected chi connectivity index (χ4v) is 6.93. The van der Waals surface area contributed by atoms with Gasteiger partial charge >= 0.3 is 0 Å². The monoisotopic (exact) mass is 574 g/mol. The van der Waals surface area contributed by atoms with Gasteiger partial charge in [0, 0.05) is 11.6 Å². The summed E-state index contributed by atoms with van der Waals surface area (Å²) in [6, 6.07) is 9.34. The van der Waals surface area contributed by atoms with Gasteiger partial charge in [-0.15, -0.1) is 21.5 Å². The molecule has 0 spiro atoms. The molecule has 0 saturated heterocycles. The van der Waals surface area contributed by atoms with Gasteiger partial charge < -0.3 is 9.73 Å². The molecule has 4 rings (SSSR count). The van der Waals surface area contributed by atoms with Gasteiger partial charge in [-0.1, -0.05) is 17.7 Å². The van der Waals surface area contributed by atoms with Gasteiger partial charge in [0.15, 0.2) is 15.1 Å². The normalized spacial score (nSPS) is 13.3. The summed E-state index contributed by atoms with van der Waals surface area (Å²) in [7, 11) is -6.29. The van der Waals surface area contributed by atoms with Gasteiger partial charge in [-0.3, -0.25) is 0 Å². The van der Waals surface area contributed by atoms with Gasteiger partial charge in [-0.2, -0.15) is 13.1 Å². The SMILES string of the molecule is CNCCS(=O)(=O)C(c1nnc(CNS(N)(=O)=O)o1)c1nc2ccc(-c3cc(F)cc(Cl)c3)cc2s1. The molecule has 0 fully saturated rings. The lowest BCUT2D eigenvalue weighted by Gasteiger charge is -2.11. The fourth-order valence-electron chi connectivity index (χ4n) is 3.34. The van der Waals surface area contributed by atoms with Crippen LogP contribution in [0.1, 0.15) is 22.0 Å². The van der Waals surface area contributed by atoms with E-state index in [2.05, 4.69) is 20.5 Å². The van der Waals surface area contributed by atoms with Crippen molar-refractivity contribution in [3.05, 3.63) is 64.0 Å². The Balaban J connectivity index is 1.75. The average molecular weight is 575 g/mol. The molecule has 0 radical (unpaired) electrons. The zero-order chi connectivity index (χ0) is 26.1. The number of aromatic nitrogens is 3. The number of rotatable bonds is 10. The van der Waals surface area contributed by atoms with Crippen LogP contribution in [0.2, 0.25) is 5.02 Å². The third kappa shape index (κ3) is 6.23. The van der Waals surface area contributed by atoms with Crippen molar-refractivity contribution in [1.82, 2.24) is 25.2 Å². The van der Waals surface area contributed by atoms with E-state index in [0.29, 0.717) is 21.3 Å². The Labute approximate surface area is 215 Å². The average Bonchev–Trinajstić information content (AvgIpc) is 3.41. The Morgan fingerprint density at radius 2 is 1.92 bits per heavy atom. The fraction of sp³-hybridized carbons (Fsp3) is 0.250. The molecular weight excluding hydrogens is 555 g/mol. The number of hydrogen-bond acceptors (Lipinski definition) is 10. The minimum atomic E-state index is -4.02. The number of nitrogens with two attached hydrogens (primary N) is 1. The van der Waals surface area contributed by atoms with Gasteiger partial charge in [0.25, 0.3) is 10.2 Å². The van der Waals surface area contributed by atoms with Crippen LogP contribution in [0.15, 0.2) is 40.8 Å². The van der Waals surface area contributed by atoms with E-state index in [1.54, 1.807) is 31.3 Å². The lowest BCUT2D eigenvalue weighted by molar-refractivity contribution is 0.443. The zero-order valence-electron chi connectivity index (χ0n) is 18.6. The summed E-state index contributed by atoms with van der Waals surface area (Å²) in [5, 5.41) is 14.3.